The number of piperidine rings is 1. The number of halogens is 1. The Hall–Kier alpha value is -0.360. The van der Waals surface area contributed by atoms with Gasteiger partial charge in [0.1, 0.15) is 0 Å². The molecule has 2 aliphatic heterocycles. The average molecular weight is 307 g/mol. The molecule has 0 aromatic rings. The Morgan fingerprint density at radius 3 is 2.60 bits per heavy atom. The first-order chi connectivity index (χ1) is 9.16. The Morgan fingerprint density at radius 2 is 2.05 bits per heavy atom. The van der Waals surface area contributed by atoms with E-state index >= 15 is 0 Å². The van der Waals surface area contributed by atoms with Crippen molar-refractivity contribution in [3.05, 3.63) is 0 Å². The van der Waals surface area contributed by atoms with E-state index in [9.17, 15) is 4.79 Å². The second-order valence-electron chi connectivity index (χ2n) is 5.64. The van der Waals surface area contributed by atoms with E-state index in [1.54, 1.807) is 6.92 Å². The number of hydrogen-bond acceptors (Lipinski definition) is 4. The standard InChI is InChI=1S/C14H26N2O3.ClH/c1-11(15)14(17)16-7-5-12(6-8-16)19-10-13-4-2-3-9-18-13;/h11-13H,2-10,15H2,1H3;1H/t11-,13?;/m0./s1. The van der Waals surface area contributed by atoms with Gasteiger partial charge in [0.15, 0.2) is 0 Å². The number of hydrogen-bond donors (Lipinski definition) is 1. The van der Waals surface area contributed by atoms with Gasteiger partial charge in [0.25, 0.3) is 0 Å². The fraction of sp³-hybridized carbons (Fsp3) is 0.929. The molecule has 2 aliphatic rings. The van der Waals surface area contributed by atoms with Gasteiger partial charge in [-0.3, -0.25) is 4.79 Å². The van der Waals surface area contributed by atoms with Crippen LogP contribution in [-0.4, -0.2) is 55.4 Å². The lowest BCUT2D eigenvalue weighted by Gasteiger charge is -2.34. The maximum atomic E-state index is 11.7. The largest absolute Gasteiger partial charge is 0.376 e. The predicted molar refractivity (Wildman–Crippen MR) is 80.0 cm³/mol. The minimum atomic E-state index is -0.395. The molecule has 0 bridgehead atoms. The highest BCUT2D eigenvalue weighted by Gasteiger charge is 2.25. The Morgan fingerprint density at radius 1 is 1.35 bits per heavy atom. The number of ether oxygens (including phenoxy) is 2. The summed E-state index contributed by atoms with van der Waals surface area (Å²) in [7, 11) is 0. The van der Waals surface area contributed by atoms with Crippen molar-refractivity contribution in [1.29, 1.82) is 0 Å². The molecule has 0 spiro atoms. The number of nitrogens with two attached hydrogens (primary N) is 1. The number of amides is 1. The van der Waals surface area contributed by atoms with Crippen LogP contribution in [0.5, 0.6) is 0 Å². The van der Waals surface area contributed by atoms with Crippen molar-refractivity contribution in [2.45, 2.75) is 57.3 Å². The third-order valence-corrected chi connectivity index (χ3v) is 3.93. The third kappa shape index (κ3) is 5.20. The molecule has 0 aromatic carbocycles. The molecule has 2 N–H and O–H groups in total. The van der Waals surface area contributed by atoms with Crippen LogP contribution in [-0.2, 0) is 14.3 Å². The van der Waals surface area contributed by atoms with Gasteiger partial charge in [0, 0.05) is 19.7 Å². The molecule has 1 unspecified atom stereocenters. The van der Waals surface area contributed by atoms with Crippen LogP contribution in [0.2, 0.25) is 0 Å². The zero-order valence-corrected chi connectivity index (χ0v) is 13.1. The zero-order chi connectivity index (χ0) is 13.7. The Bertz CT molecular complexity index is 288. The van der Waals surface area contributed by atoms with E-state index in [4.69, 9.17) is 15.2 Å². The Balaban J connectivity index is 0.00000200. The van der Waals surface area contributed by atoms with Crippen LogP contribution in [0.1, 0.15) is 39.0 Å². The molecule has 2 fully saturated rings. The molecule has 0 saturated carbocycles. The van der Waals surface area contributed by atoms with Crippen LogP contribution in [0, 0.1) is 0 Å². The molecular weight excluding hydrogens is 280 g/mol. The van der Waals surface area contributed by atoms with Crippen LogP contribution in [0.3, 0.4) is 0 Å². The van der Waals surface area contributed by atoms with Crippen LogP contribution in [0.25, 0.3) is 0 Å². The molecule has 0 aliphatic carbocycles. The highest BCUT2D eigenvalue weighted by molar-refractivity contribution is 5.85. The molecule has 2 atom stereocenters. The molecule has 0 aromatic heterocycles. The van der Waals surface area contributed by atoms with Gasteiger partial charge in [0.2, 0.25) is 5.91 Å². The summed E-state index contributed by atoms with van der Waals surface area (Å²) in [6.45, 7) is 4.83. The molecule has 2 rings (SSSR count). The first-order valence-corrected chi connectivity index (χ1v) is 7.44. The SMILES string of the molecule is C[C@H](N)C(=O)N1CCC(OCC2CCCCO2)CC1.Cl. The normalized spacial score (nSPS) is 25.9. The van der Waals surface area contributed by atoms with Crippen molar-refractivity contribution in [1.82, 2.24) is 4.90 Å². The van der Waals surface area contributed by atoms with Crippen molar-refractivity contribution in [2.24, 2.45) is 5.73 Å². The zero-order valence-electron chi connectivity index (χ0n) is 12.3. The Labute approximate surface area is 127 Å². The highest BCUT2D eigenvalue weighted by Crippen LogP contribution is 2.18. The van der Waals surface area contributed by atoms with E-state index in [-0.39, 0.29) is 30.5 Å². The first kappa shape index (κ1) is 17.7. The lowest BCUT2D eigenvalue weighted by atomic mass is 10.1. The van der Waals surface area contributed by atoms with Gasteiger partial charge in [-0.1, -0.05) is 0 Å². The molecule has 5 nitrogen and oxygen atoms in total. The molecule has 0 radical (unpaired) electrons. The molecular formula is C14H27ClN2O3. The minimum absolute atomic E-state index is 0. The summed E-state index contributed by atoms with van der Waals surface area (Å²) in [6, 6.07) is -0.395. The van der Waals surface area contributed by atoms with Crippen LogP contribution < -0.4 is 5.73 Å². The fourth-order valence-corrected chi connectivity index (χ4v) is 2.71. The van der Waals surface area contributed by atoms with Gasteiger partial charge in [-0.25, -0.2) is 0 Å². The van der Waals surface area contributed by atoms with Gasteiger partial charge in [-0.2, -0.15) is 0 Å². The van der Waals surface area contributed by atoms with Crippen LogP contribution >= 0.6 is 12.4 Å². The van der Waals surface area contributed by atoms with E-state index < -0.39 is 6.04 Å². The van der Waals surface area contributed by atoms with E-state index in [0.29, 0.717) is 6.61 Å². The third-order valence-electron chi connectivity index (χ3n) is 3.93. The number of nitrogens with zero attached hydrogens (tertiary/aromatic N) is 1. The van der Waals surface area contributed by atoms with Crippen molar-refractivity contribution in [3.63, 3.8) is 0 Å². The lowest BCUT2D eigenvalue weighted by molar-refractivity contribution is -0.135. The van der Waals surface area contributed by atoms with Crippen molar-refractivity contribution < 1.29 is 14.3 Å². The van der Waals surface area contributed by atoms with Crippen molar-refractivity contribution >= 4 is 18.3 Å². The van der Waals surface area contributed by atoms with Gasteiger partial charge >= 0.3 is 0 Å². The molecule has 6 heteroatoms. The monoisotopic (exact) mass is 306 g/mol. The first-order valence-electron chi connectivity index (χ1n) is 7.44. The quantitative estimate of drug-likeness (QED) is 0.851. The van der Waals surface area contributed by atoms with E-state index in [1.165, 1.54) is 12.8 Å². The van der Waals surface area contributed by atoms with Gasteiger partial charge in [0.05, 0.1) is 24.9 Å². The number of carbonyl (C=O) groups is 1. The van der Waals surface area contributed by atoms with Crippen molar-refractivity contribution in [2.75, 3.05) is 26.3 Å². The van der Waals surface area contributed by atoms with E-state index in [2.05, 4.69) is 0 Å². The average Bonchev–Trinajstić information content (AvgIpc) is 2.46. The summed E-state index contributed by atoms with van der Waals surface area (Å²) in [5.74, 6) is 0.0501. The summed E-state index contributed by atoms with van der Waals surface area (Å²) in [5, 5.41) is 0. The van der Waals surface area contributed by atoms with Crippen LogP contribution in [0.15, 0.2) is 0 Å². The number of carbonyl (C=O) groups excluding carboxylic acids is 1. The summed E-state index contributed by atoms with van der Waals surface area (Å²) in [5.41, 5.74) is 5.62. The summed E-state index contributed by atoms with van der Waals surface area (Å²) in [6.07, 6.45) is 5.89. The Kier molecular flexibility index (Phi) is 7.80. The summed E-state index contributed by atoms with van der Waals surface area (Å²) >= 11 is 0. The maximum Gasteiger partial charge on any atom is 0.239 e. The summed E-state index contributed by atoms with van der Waals surface area (Å²) < 4.78 is 11.6. The molecule has 2 saturated heterocycles. The van der Waals surface area contributed by atoms with E-state index in [1.807, 2.05) is 4.90 Å². The van der Waals surface area contributed by atoms with Gasteiger partial charge in [-0.05, 0) is 39.0 Å². The van der Waals surface area contributed by atoms with Crippen molar-refractivity contribution in [3.8, 4) is 0 Å². The maximum absolute atomic E-state index is 11.7. The lowest BCUT2D eigenvalue weighted by Crippen LogP contribution is -2.47. The topological polar surface area (TPSA) is 64.8 Å². The molecule has 20 heavy (non-hydrogen) atoms. The molecule has 1 amide bonds. The highest BCUT2D eigenvalue weighted by atomic mass is 35.5. The van der Waals surface area contributed by atoms with Gasteiger partial charge in [-0.15, -0.1) is 12.4 Å². The second-order valence-corrected chi connectivity index (χ2v) is 5.64. The molecule has 2 heterocycles. The minimum Gasteiger partial charge on any atom is -0.376 e. The van der Waals surface area contributed by atoms with Crippen LogP contribution in [0.4, 0.5) is 0 Å². The molecule has 118 valence electrons. The number of likely N-dealkylation sites (tertiary alicyclic amines) is 1. The number of rotatable bonds is 4. The van der Waals surface area contributed by atoms with E-state index in [0.717, 1.165) is 39.0 Å². The smallest absolute Gasteiger partial charge is 0.239 e. The van der Waals surface area contributed by atoms with Gasteiger partial charge < -0.3 is 20.1 Å². The fourth-order valence-electron chi connectivity index (χ4n) is 2.71. The predicted octanol–water partition coefficient (Wildman–Crippen LogP) is 1.33. The second kappa shape index (κ2) is 8.82. The summed E-state index contributed by atoms with van der Waals surface area (Å²) in [4.78, 5) is 13.6.